The molecule has 0 unspecified atom stereocenters. The Labute approximate surface area is 144 Å². The van der Waals surface area contributed by atoms with E-state index >= 15 is 0 Å². The molecule has 2 N–H and O–H groups in total. The van der Waals surface area contributed by atoms with Crippen LogP contribution in [0.5, 0.6) is 0 Å². The highest BCUT2D eigenvalue weighted by molar-refractivity contribution is 5.90. The van der Waals surface area contributed by atoms with Crippen LogP contribution in [0.25, 0.3) is 11.4 Å². The average molecular weight is 338 g/mol. The molecule has 1 aromatic carbocycles. The fourth-order valence-corrected chi connectivity index (χ4v) is 2.29. The van der Waals surface area contributed by atoms with E-state index in [1.807, 2.05) is 31.2 Å². The molecule has 25 heavy (non-hydrogen) atoms. The number of nitrogens with zero attached hydrogens (tertiary/aromatic N) is 2. The lowest BCUT2D eigenvalue weighted by Gasteiger charge is -2.04. The molecule has 2 aromatic heterocycles. The average Bonchev–Trinajstić information content (AvgIpc) is 3.04. The van der Waals surface area contributed by atoms with Gasteiger partial charge in [0.15, 0.2) is 0 Å². The SMILES string of the molecule is Cc1ccc(NC(=O)CCc2nc(-c3ccc(C)[nH]c3=O)no2)cc1. The largest absolute Gasteiger partial charge is 0.339 e. The first-order valence-corrected chi connectivity index (χ1v) is 7.90. The minimum Gasteiger partial charge on any atom is -0.339 e. The first-order chi connectivity index (χ1) is 12.0. The van der Waals surface area contributed by atoms with Gasteiger partial charge in [0, 0.05) is 24.2 Å². The van der Waals surface area contributed by atoms with Gasteiger partial charge in [0.2, 0.25) is 17.6 Å². The number of hydrogen-bond donors (Lipinski definition) is 2. The summed E-state index contributed by atoms with van der Waals surface area (Å²) in [7, 11) is 0. The van der Waals surface area contributed by atoms with E-state index in [4.69, 9.17) is 4.52 Å². The van der Waals surface area contributed by atoms with Gasteiger partial charge in [0.25, 0.3) is 5.56 Å². The number of carbonyl (C=O) groups is 1. The Hall–Kier alpha value is -3.22. The zero-order valence-electron chi connectivity index (χ0n) is 14.0. The van der Waals surface area contributed by atoms with Gasteiger partial charge >= 0.3 is 0 Å². The van der Waals surface area contributed by atoms with Gasteiger partial charge in [0.1, 0.15) is 0 Å². The smallest absolute Gasteiger partial charge is 0.259 e. The predicted molar refractivity (Wildman–Crippen MR) is 93.2 cm³/mol. The molecule has 0 radical (unpaired) electrons. The molecule has 0 bridgehead atoms. The van der Waals surface area contributed by atoms with Crippen LogP contribution in [0.4, 0.5) is 5.69 Å². The summed E-state index contributed by atoms with van der Waals surface area (Å²) in [6, 6.07) is 11.0. The number of aromatic amines is 1. The van der Waals surface area contributed by atoms with Crippen LogP contribution in [0, 0.1) is 13.8 Å². The highest BCUT2D eigenvalue weighted by Crippen LogP contribution is 2.13. The Morgan fingerprint density at radius 2 is 1.92 bits per heavy atom. The van der Waals surface area contributed by atoms with Gasteiger partial charge in [-0.2, -0.15) is 4.98 Å². The molecule has 0 aliphatic heterocycles. The van der Waals surface area contributed by atoms with Gasteiger partial charge < -0.3 is 14.8 Å². The van der Waals surface area contributed by atoms with Crippen molar-refractivity contribution in [3.8, 4) is 11.4 Å². The minimum absolute atomic E-state index is 0.142. The fraction of sp³-hybridized carbons (Fsp3) is 0.222. The maximum atomic E-state index is 12.0. The molecule has 0 atom stereocenters. The second kappa shape index (κ2) is 7.12. The van der Waals surface area contributed by atoms with E-state index < -0.39 is 0 Å². The third-order valence-corrected chi connectivity index (χ3v) is 3.67. The van der Waals surface area contributed by atoms with Gasteiger partial charge in [-0.15, -0.1) is 0 Å². The number of H-pyrrole nitrogens is 1. The molecule has 7 heteroatoms. The molecular formula is C18H18N4O3. The molecule has 0 aliphatic rings. The quantitative estimate of drug-likeness (QED) is 0.745. The molecule has 1 amide bonds. The molecule has 0 saturated heterocycles. The lowest BCUT2D eigenvalue weighted by Crippen LogP contribution is -2.12. The van der Waals surface area contributed by atoms with E-state index in [0.29, 0.717) is 17.9 Å². The van der Waals surface area contributed by atoms with Crippen LogP contribution in [0.15, 0.2) is 45.7 Å². The van der Waals surface area contributed by atoms with Crippen molar-refractivity contribution in [1.29, 1.82) is 0 Å². The van der Waals surface area contributed by atoms with Crippen LogP contribution in [0.2, 0.25) is 0 Å². The molecule has 0 fully saturated rings. The van der Waals surface area contributed by atoms with Crippen molar-refractivity contribution >= 4 is 11.6 Å². The highest BCUT2D eigenvalue weighted by Gasteiger charge is 2.13. The number of benzene rings is 1. The van der Waals surface area contributed by atoms with Gasteiger partial charge in [-0.05, 0) is 38.1 Å². The Bertz CT molecular complexity index is 941. The Kier molecular flexibility index (Phi) is 4.74. The number of aryl methyl sites for hydroxylation is 3. The second-order valence-electron chi connectivity index (χ2n) is 5.81. The summed E-state index contributed by atoms with van der Waals surface area (Å²) < 4.78 is 5.13. The molecule has 7 nitrogen and oxygen atoms in total. The highest BCUT2D eigenvalue weighted by atomic mass is 16.5. The summed E-state index contributed by atoms with van der Waals surface area (Å²) >= 11 is 0. The van der Waals surface area contributed by atoms with Crippen LogP contribution in [0.1, 0.15) is 23.6 Å². The fourth-order valence-electron chi connectivity index (χ4n) is 2.29. The molecule has 2 heterocycles. The van der Waals surface area contributed by atoms with Crippen LogP contribution in [-0.2, 0) is 11.2 Å². The van der Waals surface area contributed by atoms with Crippen molar-refractivity contribution in [2.24, 2.45) is 0 Å². The van der Waals surface area contributed by atoms with Gasteiger partial charge in [-0.3, -0.25) is 9.59 Å². The maximum absolute atomic E-state index is 12.0. The van der Waals surface area contributed by atoms with Crippen molar-refractivity contribution < 1.29 is 9.32 Å². The molecular weight excluding hydrogens is 320 g/mol. The summed E-state index contributed by atoms with van der Waals surface area (Å²) in [5, 5.41) is 6.62. The van der Waals surface area contributed by atoms with E-state index in [2.05, 4.69) is 20.4 Å². The third-order valence-electron chi connectivity index (χ3n) is 3.67. The lowest BCUT2D eigenvalue weighted by molar-refractivity contribution is -0.116. The van der Waals surface area contributed by atoms with Crippen molar-refractivity contribution in [3.63, 3.8) is 0 Å². The van der Waals surface area contributed by atoms with E-state index in [-0.39, 0.29) is 23.7 Å². The topological polar surface area (TPSA) is 101 Å². The number of carbonyl (C=O) groups excluding carboxylic acids is 1. The van der Waals surface area contributed by atoms with Crippen molar-refractivity contribution in [3.05, 3.63) is 63.9 Å². The first-order valence-electron chi connectivity index (χ1n) is 7.90. The summed E-state index contributed by atoms with van der Waals surface area (Å²) in [4.78, 5) is 30.8. The summed E-state index contributed by atoms with van der Waals surface area (Å²) in [5.41, 5.74) is 2.69. The summed E-state index contributed by atoms with van der Waals surface area (Å²) in [6.45, 7) is 3.78. The van der Waals surface area contributed by atoms with Crippen LogP contribution in [-0.4, -0.2) is 21.0 Å². The zero-order valence-corrected chi connectivity index (χ0v) is 14.0. The Morgan fingerprint density at radius 3 is 2.64 bits per heavy atom. The minimum atomic E-state index is -0.274. The number of hydrogen-bond acceptors (Lipinski definition) is 5. The van der Waals surface area contributed by atoms with Gasteiger partial charge in [-0.1, -0.05) is 22.9 Å². The van der Waals surface area contributed by atoms with Crippen molar-refractivity contribution in [1.82, 2.24) is 15.1 Å². The zero-order chi connectivity index (χ0) is 17.8. The van der Waals surface area contributed by atoms with Crippen LogP contribution < -0.4 is 10.9 Å². The number of anilines is 1. The molecule has 3 rings (SSSR count). The van der Waals surface area contributed by atoms with Crippen LogP contribution >= 0.6 is 0 Å². The first kappa shape index (κ1) is 16.6. The Balaban J connectivity index is 1.60. The summed E-state index contributed by atoms with van der Waals surface area (Å²) in [6.07, 6.45) is 0.508. The van der Waals surface area contributed by atoms with Crippen molar-refractivity contribution in [2.75, 3.05) is 5.32 Å². The number of rotatable bonds is 5. The normalized spacial score (nSPS) is 10.6. The van der Waals surface area contributed by atoms with E-state index in [1.54, 1.807) is 19.1 Å². The van der Waals surface area contributed by atoms with E-state index in [0.717, 1.165) is 16.9 Å². The standard InChI is InChI=1S/C18H18N4O3/c1-11-3-6-13(7-4-11)20-15(23)9-10-16-21-17(22-25-16)14-8-5-12(2)19-18(14)24/h3-8H,9-10H2,1-2H3,(H,19,24)(H,20,23). The van der Waals surface area contributed by atoms with E-state index in [9.17, 15) is 9.59 Å². The van der Waals surface area contributed by atoms with Gasteiger partial charge in [0.05, 0.1) is 5.56 Å². The second-order valence-corrected chi connectivity index (χ2v) is 5.81. The molecule has 0 saturated carbocycles. The molecule has 128 valence electrons. The third kappa shape index (κ3) is 4.20. The molecule has 0 aliphatic carbocycles. The molecule has 3 aromatic rings. The lowest BCUT2D eigenvalue weighted by atomic mass is 10.2. The maximum Gasteiger partial charge on any atom is 0.259 e. The van der Waals surface area contributed by atoms with E-state index in [1.165, 1.54) is 0 Å². The number of pyridine rings is 1. The summed E-state index contributed by atoms with van der Waals surface area (Å²) in [5.74, 6) is 0.390. The van der Waals surface area contributed by atoms with Crippen LogP contribution in [0.3, 0.4) is 0 Å². The Morgan fingerprint density at radius 1 is 1.16 bits per heavy atom. The van der Waals surface area contributed by atoms with Gasteiger partial charge in [-0.25, -0.2) is 0 Å². The number of amides is 1. The van der Waals surface area contributed by atoms with Crippen molar-refractivity contribution in [2.45, 2.75) is 26.7 Å². The monoisotopic (exact) mass is 338 g/mol. The molecule has 0 spiro atoms. The number of nitrogens with one attached hydrogen (secondary N) is 2. The predicted octanol–water partition coefficient (Wildman–Crippen LogP) is 2.61. The number of aromatic nitrogens is 3.